The van der Waals surface area contributed by atoms with E-state index in [0.717, 1.165) is 6.07 Å². The number of hydrogen-bond donors (Lipinski definition) is 0. The predicted octanol–water partition coefficient (Wildman–Crippen LogP) is 2.86. The van der Waals surface area contributed by atoms with Gasteiger partial charge in [-0.05, 0) is 18.2 Å². The molecule has 0 saturated carbocycles. The Labute approximate surface area is 106 Å². The summed E-state index contributed by atoms with van der Waals surface area (Å²) in [5.41, 5.74) is 0.794. The van der Waals surface area contributed by atoms with Crippen molar-refractivity contribution in [3.8, 4) is 5.75 Å². The van der Waals surface area contributed by atoms with Crippen LogP contribution in [0.3, 0.4) is 0 Å². The molecule has 0 N–H and O–H groups in total. The van der Waals surface area contributed by atoms with Crippen LogP contribution in [0.5, 0.6) is 5.75 Å². The summed E-state index contributed by atoms with van der Waals surface area (Å²) in [6.07, 6.45) is -3.28. The van der Waals surface area contributed by atoms with Crippen LogP contribution in [0.15, 0.2) is 24.4 Å². The zero-order valence-electron chi connectivity index (χ0n) is 10.1. The van der Waals surface area contributed by atoms with Crippen LogP contribution in [-0.2, 0) is 11.8 Å². The average Bonchev–Trinajstić information content (AvgIpc) is 2.63. The van der Waals surface area contributed by atoms with Gasteiger partial charge in [0.25, 0.3) is 0 Å². The van der Waals surface area contributed by atoms with Crippen molar-refractivity contribution in [2.45, 2.75) is 6.36 Å². The number of fused-ring (bicyclic) bond motifs is 1. The molecule has 7 heteroatoms. The highest BCUT2D eigenvalue weighted by atomic mass is 19.4. The quantitative estimate of drug-likeness (QED) is 0.790. The van der Waals surface area contributed by atoms with Crippen LogP contribution >= 0.6 is 0 Å². The SMILES string of the molecule is COC(=O)c1cn(C)c2ccc(OC(F)(F)F)cc12. The number of carbonyl (C=O) groups is 1. The van der Waals surface area contributed by atoms with Crippen LogP contribution in [0, 0.1) is 0 Å². The highest BCUT2D eigenvalue weighted by molar-refractivity contribution is 6.04. The Kier molecular flexibility index (Phi) is 3.13. The maximum Gasteiger partial charge on any atom is 0.573 e. The Hall–Kier alpha value is -2.18. The van der Waals surface area contributed by atoms with Crippen molar-refractivity contribution in [1.29, 1.82) is 0 Å². The van der Waals surface area contributed by atoms with Crippen LogP contribution in [0.4, 0.5) is 13.2 Å². The molecule has 0 aliphatic carbocycles. The van der Waals surface area contributed by atoms with Crippen molar-refractivity contribution in [2.75, 3.05) is 7.11 Å². The van der Waals surface area contributed by atoms with Gasteiger partial charge in [0.1, 0.15) is 5.75 Å². The third-order valence-corrected chi connectivity index (χ3v) is 2.60. The van der Waals surface area contributed by atoms with Gasteiger partial charge in [-0.1, -0.05) is 0 Å². The summed E-state index contributed by atoms with van der Waals surface area (Å²) in [5, 5.41) is 0.344. The summed E-state index contributed by atoms with van der Waals surface area (Å²) in [4.78, 5) is 11.5. The molecule has 0 fully saturated rings. The second-order valence-electron chi connectivity index (χ2n) is 3.87. The van der Waals surface area contributed by atoms with Crippen molar-refractivity contribution in [3.63, 3.8) is 0 Å². The topological polar surface area (TPSA) is 40.5 Å². The lowest BCUT2D eigenvalue weighted by atomic mass is 10.1. The molecule has 19 heavy (non-hydrogen) atoms. The van der Waals surface area contributed by atoms with Crippen LogP contribution in [0.25, 0.3) is 10.9 Å². The first-order chi connectivity index (χ1) is 8.81. The molecule has 0 unspecified atom stereocenters. The van der Waals surface area contributed by atoms with Crippen LogP contribution < -0.4 is 4.74 Å². The van der Waals surface area contributed by atoms with Crippen molar-refractivity contribution in [3.05, 3.63) is 30.0 Å². The number of hydrogen-bond acceptors (Lipinski definition) is 3. The summed E-state index contributed by atoms with van der Waals surface area (Å²) >= 11 is 0. The molecule has 1 aromatic heterocycles. The molecule has 0 radical (unpaired) electrons. The number of methoxy groups -OCH3 is 1. The first kappa shape index (κ1) is 13.3. The summed E-state index contributed by atoms with van der Waals surface area (Å²) in [5.74, 6) is -0.994. The Morgan fingerprint density at radius 2 is 2.00 bits per heavy atom. The Morgan fingerprint density at radius 1 is 1.32 bits per heavy atom. The monoisotopic (exact) mass is 273 g/mol. The standard InChI is InChI=1S/C12H10F3NO3/c1-16-6-9(11(17)18-2)8-5-7(3-4-10(8)16)19-12(13,14)15/h3-6H,1-2H3. The van der Waals surface area contributed by atoms with Crippen molar-refractivity contribution in [2.24, 2.45) is 7.05 Å². The molecule has 0 bridgehead atoms. The summed E-state index contributed by atoms with van der Waals surface area (Å²) < 4.78 is 46.5. The minimum absolute atomic E-state index is 0.188. The molecule has 2 aromatic rings. The minimum atomic E-state index is -4.77. The van der Waals surface area contributed by atoms with Crippen molar-refractivity contribution < 1.29 is 27.4 Å². The van der Waals surface area contributed by atoms with Gasteiger partial charge in [0.15, 0.2) is 0 Å². The van der Waals surface area contributed by atoms with E-state index < -0.39 is 12.3 Å². The van der Waals surface area contributed by atoms with E-state index in [9.17, 15) is 18.0 Å². The largest absolute Gasteiger partial charge is 0.573 e. The number of nitrogens with zero attached hydrogens (tertiary/aromatic N) is 1. The number of carbonyl (C=O) groups excluding carboxylic acids is 1. The van der Waals surface area contributed by atoms with Gasteiger partial charge >= 0.3 is 12.3 Å². The molecular formula is C12H10F3NO3. The first-order valence-corrected chi connectivity index (χ1v) is 5.25. The van der Waals surface area contributed by atoms with Gasteiger partial charge in [0.2, 0.25) is 0 Å². The molecule has 0 saturated heterocycles. The van der Waals surface area contributed by atoms with E-state index in [1.165, 1.54) is 25.4 Å². The van der Waals surface area contributed by atoms with Crippen molar-refractivity contribution >= 4 is 16.9 Å². The molecule has 2 rings (SSSR count). The summed E-state index contributed by atoms with van der Waals surface area (Å²) in [6, 6.07) is 3.80. The first-order valence-electron chi connectivity index (χ1n) is 5.25. The Balaban J connectivity index is 2.54. The fourth-order valence-corrected chi connectivity index (χ4v) is 1.84. The third kappa shape index (κ3) is 2.64. The fourth-order valence-electron chi connectivity index (χ4n) is 1.84. The molecular weight excluding hydrogens is 263 g/mol. The third-order valence-electron chi connectivity index (χ3n) is 2.60. The van der Waals surface area contributed by atoms with Gasteiger partial charge in [-0.2, -0.15) is 0 Å². The molecule has 0 aliphatic rings. The molecule has 0 spiro atoms. The van der Waals surface area contributed by atoms with E-state index in [4.69, 9.17) is 0 Å². The molecule has 0 amide bonds. The molecule has 1 heterocycles. The maximum atomic E-state index is 12.2. The normalized spacial score (nSPS) is 11.6. The van der Waals surface area contributed by atoms with E-state index in [0.29, 0.717) is 10.9 Å². The summed E-state index contributed by atoms with van der Waals surface area (Å²) in [6.45, 7) is 0. The predicted molar refractivity (Wildman–Crippen MR) is 60.9 cm³/mol. The van der Waals surface area contributed by atoms with E-state index in [-0.39, 0.29) is 11.3 Å². The number of rotatable bonds is 2. The van der Waals surface area contributed by atoms with Gasteiger partial charge in [-0.3, -0.25) is 0 Å². The highest BCUT2D eigenvalue weighted by Gasteiger charge is 2.31. The number of halogens is 3. The van der Waals surface area contributed by atoms with E-state index in [1.807, 2.05) is 0 Å². The fraction of sp³-hybridized carbons (Fsp3) is 0.250. The molecule has 0 aliphatic heterocycles. The molecule has 102 valence electrons. The Bertz CT molecular complexity index is 631. The number of aromatic nitrogens is 1. The van der Waals surface area contributed by atoms with E-state index in [2.05, 4.69) is 9.47 Å². The van der Waals surface area contributed by atoms with Crippen LogP contribution in [0.1, 0.15) is 10.4 Å². The number of aryl methyl sites for hydroxylation is 1. The van der Waals surface area contributed by atoms with Gasteiger partial charge in [0.05, 0.1) is 12.7 Å². The Morgan fingerprint density at radius 3 is 2.58 bits per heavy atom. The minimum Gasteiger partial charge on any atom is -0.465 e. The van der Waals surface area contributed by atoms with Gasteiger partial charge < -0.3 is 14.0 Å². The lowest BCUT2D eigenvalue weighted by Crippen LogP contribution is -2.17. The number of esters is 1. The number of ether oxygens (including phenoxy) is 2. The van der Waals surface area contributed by atoms with Gasteiger partial charge in [0, 0.05) is 24.1 Å². The number of alkyl halides is 3. The average molecular weight is 273 g/mol. The number of benzene rings is 1. The lowest BCUT2D eigenvalue weighted by Gasteiger charge is -2.09. The van der Waals surface area contributed by atoms with E-state index in [1.54, 1.807) is 11.6 Å². The zero-order chi connectivity index (χ0) is 14.2. The highest BCUT2D eigenvalue weighted by Crippen LogP contribution is 2.29. The maximum absolute atomic E-state index is 12.2. The smallest absolute Gasteiger partial charge is 0.465 e. The molecule has 4 nitrogen and oxygen atoms in total. The summed E-state index contributed by atoms with van der Waals surface area (Å²) in [7, 11) is 2.89. The van der Waals surface area contributed by atoms with Crippen molar-refractivity contribution in [1.82, 2.24) is 4.57 Å². The molecule has 1 aromatic carbocycles. The molecule has 0 atom stereocenters. The van der Waals surface area contributed by atoms with Gasteiger partial charge in [-0.15, -0.1) is 13.2 Å². The van der Waals surface area contributed by atoms with Crippen LogP contribution in [-0.4, -0.2) is 24.0 Å². The van der Waals surface area contributed by atoms with Gasteiger partial charge in [-0.25, -0.2) is 4.79 Å². The van der Waals surface area contributed by atoms with E-state index >= 15 is 0 Å². The van der Waals surface area contributed by atoms with Crippen LogP contribution in [0.2, 0.25) is 0 Å². The zero-order valence-corrected chi connectivity index (χ0v) is 10.1. The second kappa shape index (κ2) is 4.49. The second-order valence-corrected chi connectivity index (χ2v) is 3.87. The lowest BCUT2D eigenvalue weighted by molar-refractivity contribution is -0.274.